The first-order valence-electron chi connectivity index (χ1n) is 9.10. The van der Waals surface area contributed by atoms with Crippen LogP contribution in [0, 0.1) is 13.8 Å². The molecule has 1 amide bonds. The van der Waals surface area contributed by atoms with Crippen LogP contribution < -0.4 is 5.32 Å². The molecular formula is C21H20N4O3S. The van der Waals surface area contributed by atoms with E-state index in [-0.39, 0.29) is 11.7 Å². The van der Waals surface area contributed by atoms with Crippen molar-refractivity contribution in [2.24, 2.45) is 0 Å². The van der Waals surface area contributed by atoms with Crippen LogP contribution in [0.3, 0.4) is 0 Å². The van der Waals surface area contributed by atoms with Crippen molar-refractivity contribution in [1.82, 2.24) is 20.1 Å². The molecule has 7 nitrogen and oxygen atoms in total. The summed E-state index contributed by atoms with van der Waals surface area (Å²) in [5, 5.41) is 12.2. The molecule has 3 heterocycles. The standard InChI is InChI=1S/C21H20N4O3S/c1-14-5-3-6-16(11-14)25-20(18-8-10-27-15(18)2)23-24-21(25)29-13-19(26)22-12-17-7-4-9-28-17/h3-11H,12-13H2,1-2H3,(H,22,26). The van der Waals surface area contributed by atoms with Gasteiger partial charge in [-0.25, -0.2) is 0 Å². The van der Waals surface area contributed by atoms with Gasteiger partial charge in [-0.15, -0.1) is 10.2 Å². The molecule has 0 atom stereocenters. The minimum Gasteiger partial charge on any atom is -0.469 e. The number of amides is 1. The minimum absolute atomic E-state index is 0.105. The van der Waals surface area contributed by atoms with E-state index in [9.17, 15) is 4.79 Å². The summed E-state index contributed by atoms with van der Waals surface area (Å²) in [4.78, 5) is 12.3. The molecule has 0 saturated carbocycles. The number of nitrogens with one attached hydrogen (secondary N) is 1. The summed E-state index contributed by atoms with van der Waals surface area (Å²) in [7, 11) is 0. The molecule has 0 aliphatic heterocycles. The normalized spacial score (nSPS) is 11.0. The predicted molar refractivity (Wildman–Crippen MR) is 110 cm³/mol. The van der Waals surface area contributed by atoms with Crippen molar-refractivity contribution < 1.29 is 13.6 Å². The van der Waals surface area contributed by atoms with Crippen LogP contribution in [-0.2, 0) is 11.3 Å². The van der Waals surface area contributed by atoms with Crippen molar-refractivity contribution >= 4 is 17.7 Å². The van der Waals surface area contributed by atoms with Crippen LogP contribution in [0.2, 0.25) is 0 Å². The van der Waals surface area contributed by atoms with Crippen molar-refractivity contribution in [2.45, 2.75) is 25.5 Å². The average Bonchev–Trinajstić information content (AvgIpc) is 3.45. The van der Waals surface area contributed by atoms with Crippen LogP contribution >= 0.6 is 11.8 Å². The second-order valence-corrected chi connectivity index (χ2v) is 7.46. The molecule has 4 aromatic rings. The van der Waals surface area contributed by atoms with Crippen LogP contribution in [-0.4, -0.2) is 26.4 Å². The van der Waals surface area contributed by atoms with E-state index in [0.717, 1.165) is 22.6 Å². The van der Waals surface area contributed by atoms with Gasteiger partial charge in [0.1, 0.15) is 11.5 Å². The Balaban J connectivity index is 1.57. The van der Waals surface area contributed by atoms with Crippen LogP contribution in [0.4, 0.5) is 0 Å². The molecule has 0 aliphatic rings. The molecule has 3 aromatic heterocycles. The molecular weight excluding hydrogens is 388 g/mol. The third-order valence-electron chi connectivity index (χ3n) is 4.37. The topological polar surface area (TPSA) is 86.1 Å². The predicted octanol–water partition coefficient (Wildman–Crippen LogP) is 4.15. The molecule has 8 heteroatoms. The van der Waals surface area contributed by atoms with E-state index in [4.69, 9.17) is 8.83 Å². The van der Waals surface area contributed by atoms with Gasteiger partial charge in [-0.1, -0.05) is 23.9 Å². The Morgan fingerprint density at radius 1 is 1.10 bits per heavy atom. The number of furan rings is 2. The van der Waals surface area contributed by atoms with Crippen LogP contribution in [0.5, 0.6) is 0 Å². The first kappa shape index (κ1) is 19.1. The van der Waals surface area contributed by atoms with Crippen LogP contribution in [0.25, 0.3) is 17.1 Å². The van der Waals surface area contributed by atoms with Crippen molar-refractivity contribution in [1.29, 1.82) is 0 Å². The Morgan fingerprint density at radius 3 is 2.72 bits per heavy atom. The van der Waals surface area contributed by atoms with E-state index in [0.29, 0.717) is 23.3 Å². The summed E-state index contributed by atoms with van der Waals surface area (Å²) in [5.41, 5.74) is 2.93. The quantitative estimate of drug-likeness (QED) is 0.463. The smallest absolute Gasteiger partial charge is 0.230 e. The lowest BCUT2D eigenvalue weighted by atomic mass is 10.2. The molecule has 4 rings (SSSR count). The fraction of sp³-hybridized carbons (Fsp3) is 0.190. The fourth-order valence-electron chi connectivity index (χ4n) is 2.93. The first-order chi connectivity index (χ1) is 14.1. The number of aromatic nitrogens is 3. The molecule has 1 N–H and O–H groups in total. The number of carbonyl (C=O) groups excluding carboxylic acids is 1. The Kier molecular flexibility index (Phi) is 5.53. The van der Waals surface area contributed by atoms with Crippen molar-refractivity contribution in [3.63, 3.8) is 0 Å². The summed E-state index contributed by atoms with van der Waals surface area (Å²) in [6.45, 7) is 4.28. The van der Waals surface area contributed by atoms with Gasteiger partial charge in [0.15, 0.2) is 11.0 Å². The average molecular weight is 408 g/mol. The number of thioether (sulfide) groups is 1. The number of hydrogen-bond acceptors (Lipinski definition) is 6. The monoisotopic (exact) mass is 408 g/mol. The lowest BCUT2D eigenvalue weighted by molar-refractivity contribution is -0.118. The van der Waals surface area contributed by atoms with Gasteiger partial charge in [-0.05, 0) is 49.7 Å². The van der Waals surface area contributed by atoms with Gasteiger partial charge < -0.3 is 14.2 Å². The molecule has 0 saturated heterocycles. The highest BCUT2D eigenvalue weighted by molar-refractivity contribution is 7.99. The number of carbonyl (C=O) groups is 1. The highest BCUT2D eigenvalue weighted by Gasteiger charge is 2.19. The maximum absolute atomic E-state index is 12.3. The molecule has 1 aromatic carbocycles. The Morgan fingerprint density at radius 2 is 2.00 bits per heavy atom. The van der Waals surface area contributed by atoms with E-state index >= 15 is 0 Å². The summed E-state index contributed by atoms with van der Waals surface area (Å²) >= 11 is 1.33. The van der Waals surface area contributed by atoms with Crippen molar-refractivity contribution in [3.8, 4) is 17.1 Å². The molecule has 29 heavy (non-hydrogen) atoms. The summed E-state index contributed by atoms with van der Waals surface area (Å²) in [6, 6.07) is 13.6. The zero-order valence-electron chi connectivity index (χ0n) is 16.1. The largest absolute Gasteiger partial charge is 0.469 e. The SMILES string of the molecule is Cc1cccc(-n2c(SCC(=O)NCc3ccco3)nnc2-c2ccoc2C)c1. The highest BCUT2D eigenvalue weighted by Crippen LogP contribution is 2.30. The summed E-state index contributed by atoms with van der Waals surface area (Å²) in [5.74, 6) is 2.27. The first-order valence-corrected chi connectivity index (χ1v) is 10.1. The van der Waals surface area contributed by atoms with Crippen LogP contribution in [0.15, 0.2) is 69.0 Å². The van der Waals surface area contributed by atoms with E-state index in [2.05, 4.69) is 21.6 Å². The number of aryl methyl sites for hydroxylation is 2. The fourth-order valence-corrected chi connectivity index (χ4v) is 3.72. The number of benzene rings is 1. The molecule has 0 aliphatic carbocycles. The second kappa shape index (κ2) is 8.40. The lowest BCUT2D eigenvalue weighted by Crippen LogP contribution is -2.24. The summed E-state index contributed by atoms with van der Waals surface area (Å²) < 4.78 is 12.6. The van der Waals surface area contributed by atoms with Gasteiger partial charge in [0.25, 0.3) is 0 Å². The van der Waals surface area contributed by atoms with Gasteiger partial charge in [0, 0.05) is 5.69 Å². The van der Waals surface area contributed by atoms with E-state index in [1.807, 2.05) is 48.7 Å². The zero-order valence-corrected chi connectivity index (χ0v) is 16.9. The van der Waals surface area contributed by atoms with E-state index < -0.39 is 0 Å². The Hall–Kier alpha value is -3.26. The van der Waals surface area contributed by atoms with Gasteiger partial charge in [0.05, 0.1) is 30.4 Å². The van der Waals surface area contributed by atoms with Gasteiger partial charge in [0.2, 0.25) is 5.91 Å². The van der Waals surface area contributed by atoms with E-state index in [1.54, 1.807) is 18.6 Å². The van der Waals surface area contributed by atoms with Gasteiger partial charge in [-0.2, -0.15) is 0 Å². The lowest BCUT2D eigenvalue weighted by Gasteiger charge is -2.10. The minimum atomic E-state index is -0.105. The third-order valence-corrected chi connectivity index (χ3v) is 5.29. The zero-order chi connectivity index (χ0) is 20.2. The molecule has 0 bridgehead atoms. The van der Waals surface area contributed by atoms with E-state index in [1.165, 1.54) is 11.8 Å². The molecule has 0 radical (unpaired) electrons. The molecule has 0 unspecified atom stereocenters. The number of hydrogen-bond donors (Lipinski definition) is 1. The molecule has 0 fully saturated rings. The number of nitrogens with zero attached hydrogens (tertiary/aromatic N) is 3. The van der Waals surface area contributed by atoms with Crippen molar-refractivity contribution in [2.75, 3.05) is 5.75 Å². The second-order valence-electron chi connectivity index (χ2n) is 6.52. The summed E-state index contributed by atoms with van der Waals surface area (Å²) in [6.07, 6.45) is 3.22. The Bertz CT molecular complexity index is 1110. The third kappa shape index (κ3) is 4.27. The number of rotatable bonds is 7. The van der Waals surface area contributed by atoms with Crippen molar-refractivity contribution in [3.05, 3.63) is 72.1 Å². The maximum atomic E-state index is 12.3. The highest BCUT2D eigenvalue weighted by atomic mass is 32.2. The molecule has 0 spiro atoms. The maximum Gasteiger partial charge on any atom is 0.230 e. The molecule has 148 valence electrons. The van der Waals surface area contributed by atoms with Gasteiger partial charge in [-0.3, -0.25) is 9.36 Å². The Labute approximate surface area is 172 Å². The van der Waals surface area contributed by atoms with Gasteiger partial charge >= 0.3 is 0 Å². The van der Waals surface area contributed by atoms with Crippen LogP contribution in [0.1, 0.15) is 17.1 Å².